The second kappa shape index (κ2) is 6.08. The highest BCUT2D eigenvalue weighted by Gasteiger charge is 2.09. The molecule has 0 saturated heterocycles. The van der Waals surface area contributed by atoms with E-state index in [2.05, 4.69) is 21.4 Å². The number of benzene rings is 1. The fraction of sp³-hybridized carbons (Fsp3) is 0.125. The molecular weight excluding hydrogens is 286 g/mol. The summed E-state index contributed by atoms with van der Waals surface area (Å²) in [5, 5.41) is 4.74. The van der Waals surface area contributed by atoms with Crippen LogP contribution in [0.25, 0.3) is 10.9 Å². The van der Waals surface area contributed by atoms with E-state index in [-0.39, 0.29) is 0 Å². The molecular formula is C16H14ClN3O. The molecule has 21 heavy (non-hydrogen) atoms. The monoisotopic (exact) mass is 299 g/mol. The Morgan fingerprint density at radius 3 is 2.86 bits per heavy atom. The summed E-state index contributed by atoms with van der Waals surface area (Å²) < 4.78 is 5.85. The Balaban J connectivity index is 2.04. The number of halogens is 1. The first-order chi connectivity index (χ1) is 10.3. The summed E-state index contributed by atoms with van der Waals surface area (Å²) in [5.41, 5.74) is 1.87. The number of rotatable bonds is 4. The van der Waals surface area contributed by atoms with Gasteiger partial charge in [0.25, 0.3) is 0 Å². The van der Waals surface area contributed by atoms with Crippen molar-refractivity contribution in [1.82, 2.24) is 15.3 Å². The smallest absolute Gasteiger partial charge is 0.224 e. The van der Waals surface area contributed by atoms with Crippen molar-refractivity contribution < 1.29 is 4.74 Å². The van der Waals surface area contributed by atoms with Gasteiger partial charge in [-0.2, -0.15) is 0 Å². The van der Waals surface area contributed by atoms with Gasteiger partial charge in [0.15, 0.2) is 0 Å². The van der Waals surface area contributed by atoms with Crippen LogP contribution in [0.4, 0.5) is 0 Å². The van der Waals surface area contributed by atoms with Crippen LogP contribution in [0.1, 0.15) is 5.56 Å². The first kappa shape index (κ1) is 13.8. The highest BCUT2D eigenvalue weighted by atomic mass is 35.5. The van der Waals surface area contributed by atoms with Crippen LogP contribution in [-0.2, 0) is 6.54 Å². The summed E-state index contributed by atoms with van der Waals surface area (Å²) in [7, 11) is 1.89. The lowest BCUT2D eigenvalue weighted by atomic mass is 10.1. The van der Waals surface area contributed by atoms with Gasteiger partial charge in [-0.05, 0) is 19.2 Å². The average molecular weight is 300 g/mol. The number of fused-ring (bicyclic) bond motifs is 1. The van der Waals surface area contributed by atoms with Crippen LogP contribution in [0.3, 0.4) is 0 Å². The van der Waals surface area contributed by atoms with Crippen LogP contribution in [0, 0.1) is 0 Å². The predicted octanol–water partition coefficient (Wildman–Crippen LogP) is 3.79. The van der Waals surface area contributed by atoms with Crippen LogP contribution in [0.15, 0.2) is 48.8 Å². The highest BCUT2D eigenvalue weighted by Crippen LogP contribution is 2.27. The van der Waals surface area contributed by atoms with Crippen LogP contribution in [0.2, 0.25) is 5.02 Å². The zero-order valence-corrected chi connectivity index (χ0v) is 12.3. The largest absolute Gasteiger partial charge is 0.437 e. The van der Waals surface area contributed by atoms with Gasteiger partial charge in [0.05, 0.1) is 16.7 Å². The summed E-state index contributed by atoms with van der Waals surface area (Å²) in [6.45, 7) is 0.668. The molecule has 0 radical (unpaired) electrons. The van der Waals surface area contributed by atoms with E-state index < -0.39 is 0 Å². The molecule has 2 heterocycles. The molecule has 0 aliphatic rings. The molecule has 2 aromatic heterocycles. The van der Waals surface area contributed by atoms with E-state index in [1.54, 1.807) is 18.5 Å². The number of pyridine rings is 2. The van der Waals surface area contributed by atoms with Crippen molar-refractivity contribution in [2.24, 2.45) is 0 Å². The van der Waals surface area contributed by atoms with Crippen molar-refractivity contribution in [1.29, 1.82) is 0 Å². The van der Waals surface area contributed by atoms with Crippen LogP contribution < -0.4 is 10.1 Å². The summed E-state index contributed by atoms with van der Waals surface area (Å²) in [6, 6.07) is 11.7. The summed E-state index contributed by atoms with van der Waals surface area (Å²) in [4.78, 5) is 8.60. The number of hydrogen-bond donors (Lipinski definition) is 1. The molecule has 1 aromatic carbocycles. The van der Waals surface area contributed by atoms with E-state index in [0.29, 0.717) is 23.2 Å². The molecule has 0 aliphatic heterocycles. The lowest BCUT2D eigenvalue weighted by Crippen LogP contribution is -2.07. The Kier molecular flexibility index (Phi) is 3.99. The average Bonchev–Trinajstić information content (AvgIpc) is 2.48. The zero-order valence-electron chi connectivity index (χ0n) is 11.5. The molecule has 0 fully saturated rings. The molecule has 0 saturated carbocycles. The zero-order chi connectivity index (χ0) is 14.7. The first-order valence-electron chi connectivity index (χ1n) is 6.58. The van der Waals surface area contributed by atoms with Gasteiger partial charge in [-0.25, -0.2) is 4.98 Å². The number of para-hydroxylation sites is 1. The number of aromatic nitrogens is 2. The number of hydrogen-bond acceptors (Lipinski definition) is 4. The molecule has 0 atom stereocenters. The molecule has 3 rings (SSSR count). The van der Waals surface area contributed by atoms with Gasteiger partial charge in [-0.3, -0.25) is 4.98 Å². The molecule has 1 N–H and O–H groups in total. The Bertz CT molecular complexity index is 776. The van der Waals surface area contributed by atoms with Crippen molar-refractivity contribution in [2.75, 3.05) is 7.05 Å². The van der Waals surface area contributed by atoms with Gasteiger partial charge in [-0.15, -0.1) is 0 Å². The van der Waals surface area contributed by atoms with Crippen molar-refractivity contribution in [3.8, 4) is 11.6 Å². The lowest BCUT2D eigenvalue weighted by molar-refractivity contribution is 0.454. The number of nitrogens with zero attached hydrogens (tertiary/aromatic N) is 2. The van der Waals surface area contributed by atoms with Gasteiger partial charge < -0.3 is 10.1 Å². The topological polar surface area (TPSA) is 47.0 Å². The molecule has 5 heteroatoms. The Labute approximate surface area is 127 Å². The maximum atomic E-state index is 5.93. The Morgan fingerprint density at radius 2 is 2.05 bits per heavy atom. The van der Waals surface area contributed by atoms with Gasteiger partial charge >= 0.3 is 0 Å². The minimum absolute atomic E-state index is 0.531. The SMILES string of the molecule is CNCc1cc2ccccc2nc1Oc1cncc(Cl)c1. The van der Waals surface area contributed by atoms with E-state index in [1.165, 1.54) is 0 Å². The predicted molar refractivity (Wildman–Crippen MR) is 83.8 cm³/mol. The van der Waals surface area contributed by atoms with E-state index in [9.17, 15) is 0 Å². The van der Waals surface area contributed by atoms with Crippen LogP contribution in [-0.4, -0.2) is 17.0 Å². The standard InChI is InChI=1S/C16H14ClN3O/c1-18-8-12-6-11-4-2-3-5-15(11)20-16(12)21-14-7-13(17)9-19-10-14/h2-7,9-10,18H,8H2,1H3. The van der Waals surface area contributed by atoms with Crippen molar-refractivity contribution in [3.05, 3.63) is 59.4 Å². The summed E-state index contributed by atoms with van der Waals surface area (Å²) in [6.07, 6.45) is 3.18. The third kappa shape index (κ3) is 3.12. The van der Waals surface area contributed by atoms with Gasteiger partial charge in [0.2, 0.25) is 5.88 Å². The summed E-state index contributed by atoms with van der Waals surface area (Å²) in [5.74, 6) is 1.13. The molecule has 106 valence electrons. The maximum Gasteiger partial charge on any atom is 0.224 e. The second-order valence-electron chi connectivity index (χ2n) is 4.62. The minimum atomic E-state index is 0.531. The third-order valence-electron chi connectivity index (χ3n) is 3.02. The van der Waals surface area contributed by atoms with Crippen molar-refractivity contribution in [2.45, 2.75) is 6.54 Å². The highest BCUT2D eigenvalue weighted by molar-refractivity contribution is 6.30. The quantitative estimate of drug-likeness (QED) is 0.796. The molecule has 4 nitrogen and oxygen atoms in total. The van der Waals surface area contributed by atoms with Gasteiger partial charge in [0.1, 0.15) is 5.75 Å². The Hall–Kier alpha value is -2.17. The van der Waals surface area contributed by atoms with E-state index >= 15 is 0 Å². The van der Waals surface area contributed by atoms with Gasteiger partial charge in [0, 0.05) is 29.8 Å². The van der Waals surface area contributed by atoms with Crippen molar-refractivity contribution >= 4 is 22.5 Å². The molecule has 0 unspecified atom stereocenters. The second-order valence-corrected chi connectivity index (χ2v) is 5.05. The molecule has 0 spiro atoms. The molecule has 0 aliphatic carbocycles. The molecule has 0 bridgehead atoms. The van der Waals surface area contributed by atoms with Gasteiger partial charge in [-0.1, -0.05) is 29.8 Å². The lowest BCUT2D eigenvalue weighted by Gasteiger charge is -2.11. The first-order valence-corrected chi connectivity index (χ1v) is 6.96. The third-order valence-corrected chi connectivity index (χ3v) is 3.23. The fourth-order valence-corrected chi connectivity index (χ4v) is 2.27. The van der Waals surface area contributed by atoms with E-state index in [0.717, 1.165) is 16.5 Å². The van der Waals surface area contributed by atoms with Crippen molar-refractivity contribution in [3.63, 3.8) is 0 Å². The number of nitrogens with one attached hydrogen (secondary N) is 1. The minimum Gasteiger partial charge on any atom is -0.437 e. The normalized spacial score (nSPS) is 10.8. The summed E-state index contributed by atoms with van der Waals surface area (Å²) >= 11 is 5.93. The maximum absolute atomic E-state index is 5.93. The molecule has 0 amide bonds. The van der Waals surface area contributed by atoms with Crippen LogP contribution in [0.5, 0.6) is 11.6 Å². The van der Waals surface area contributed by atoms with E-state index in [4.69, 9.17) is 16.3 Å². The number of ether oxygens (including phenoxy) is 1. The Morgan fingerprint density at radius 1 is 1.19 bits per heavy atom. The fourth-order valence-electron chi connectivity index (χ4n) is 2.11. The van der Waals surface area contributed by atoms with E-state index in [1.807, 2.05) is 31.3 Å². The van der Waals surface area contributed by atoms with Crippen LogP contribution >= 0.6 is 11.6 Å². The molecule has 3 aromatic rings.